The van der Waals surface area contributed by atoms with E-state index in [2.05, 4.69) is 36.5 Å². The molecule has 1 heterocycles. The minimum absolute atomic E-state index is 0.327. The minimum atomic E-state index is -0.327. The number of hydrogen-bond donors (Lipinski definition) is 2. The monoisotopic (exact) mass is 346 g/mol. The molecule has 4 nitrogen and oxygen atoms in total. The predicted octanol–water partition coefficient (Wildman–Crippen LogP) is 4.32. The number of nitrogens with zero attached hydrogens (tertiary/aromatic N) is 2. The van der Waals surface area contributed by atoms with Gasteiger partial charge in [-0.2, -0.15) is 4.98 Å². The highest BCUT2D eigenvalue weighted by Crippen LogP contribution is 2.26. The zero-order valence-electron chi connectivity index (χ0n) is 11.2. The van der Waals surface area contributed by atoms with E-state index in [1.807, 2.05) is 24.3 Å². The van der Waals surface area contributed by atoms with Gasteiger partial charge in [0, 0.05) is 18.1 Å². The maximum absolute atomic E-state index is 13.6. The Labute approximate surface area is 129 Å². The van der Waals surface area contributed by atoms with Crippen LogP contribution in [0.25, 0.3) is 10.9 Å². The van der Waals surface area contributed by atoms with Gasteiger partial charge in [0.1, 0.15) is 11.6 Å². The molecular weight excluding hydrogens is 335 g/mol. The number of benzene rings is 2. The van der Waals surface area contributed by atoms with E-state index in [-0.39, 0.29) is 5.82 Å². The fourth-order valence-corrected chi connectivity index (χ4v) is 2.24. The first-order chi connectivity index (χ1) is 10.2. The molecule has 0 bridgehead atoms. The van der Waals surface area contributed by atoms with Crippen LogP contribution in [-0.2, 0) is 0 Å². The summed E-state index contributed by atoms with van der Waals surface area (Å²) in [5.74, 6) is 0.813. The van der Waals surface area contributed by atoms with Crippen LogP contribution in [0.2, 0.25) is 0 Å². The van der Waals surface area contributed by atoms with Crippen LogP contribution in [0.4, 0.5) is 21.8 Å². The molecule has 21 heavy (non-hydrogen) atoms. The van der Waals surface area contributed by atoms with Gasteiger partial charge in [0.25, 0.3) is 0 Å². The molecule has 3 rings (SSSR count). The van der Waals surface area contributed by atoms with Gasteiger partial charge in [-0.3, -0.25) is 0 Å². The molecule has 2 aromatic carbocycles. The lowest BCUT2D eigenvalue weighted by atomic mass is 10.2. The smallest absolute Gasteiger partial charge is 0.224 e. The lowest BCUT2D eigenvalue weighted by Crippen LogP contribution is -2.02. The SMILES string of the molecule is CNc1nc(Nc2ccc(Br)c(F)c2)c2ccccc2n1. The molecule has 0 saturated carbocycles. The molecule has 0 aliphatic heterocycles. The zero-order chi connectivity index (χ0) is 14.8. The normalized spacial score (nSPS) is 10.6. The van der Waals surface area contributed by atoms with E-state index in [4.69, 9.17) is 0 Å². The van der Waals surface area contributed by atoms with E-state index in [0.717, 1.165) is 10.9 Å². The number of halogens is 2. The van der Waals surface area contributed by atoms with Gasteiger partial charge < -0.3 is 10.6 Å². The first-order valence-electron chi connectivity index (χ1n) is 6.34. The molecule has 0 aliphatic rings. The van der Waals surface area contributed by atoms with Gasteiger partial charge in [0.05, 0.1) is 9.99 Å². The van der Waals surface area contributed by atoms with Gasteiger partial charge in [-0.15, -0.1) is 0 Å². The van der Waals surface area contributed by atoms with Crippen LogP contribution >= 0.6 is 15.9 Å². The van der Waals surface area contributed by atoms with Gasteiger partial charge in [-0.25, -0.2) is 9.37 Å². The Hall–Kier alpha value is -2.21. The summed E-state index contributed by atoms with van der Waals surface area (Å²) in [5.41, 5.74) is 1.44. The number of para-hydroxylation sites is 1. The largest absolute Gasteiger partial charge is 0.357 e. The molecular formula is C15H12BrFN4. The molecule has 106 valence electrons. The van der Waals surface area contributed by atoms with Crippen molar-refractivity contribution in [1.29, 1.82) is 0 Å². The second-order valence-corrected chi connectivity index (χ2v) is 5.27. The summed E-state index contributed by atoms with van der Waals surface area (Å²) in [4.78, 5) is 8.78. The maximum atomic E-state index is 13.6. The van der Waals surface area contributed by atoms with E-state index in [9.17, 15) is 4.39 Å². The maximum Gasteiger partial charge on any atom is 0.224 e. The van der Waals surface area contributed by atoms with Crippen molar-refractivity contribution in [3.8, 4) is 0 Å². The van der Waals surface area contributed by atoms with Crippen LogP contribution < -0.4 is 10.6 Å². The Kier molecular flexibility index (Phi) is 3.70. The Morgan fingerprint density at radius 3 is 2.67 bits per heavy atom. The molecule has 0 unspecified atom stereocenters. The number of nitrogens with one attached hydrogen (secondary N) is 2. The lowest BCUT2D eigenvalue weighted by Gasteiger charge is -2.11. The van der Waals surface area contributed by atoms with Gasteiger partial charge in [0.15, 0.2) is 0 Å². The van der Waals surface area contributed by atoms with E-state index >= 15 is 0 Å². The summed E-state index contributed by atoms with van der Waals surface area (Å²) in [6, 6.07) is 12.5. The number of hydrogen-bond acceptors (Lipinski definition) is 4. The Morgan fingerprint density at radius 2 is 1.90 bits per heavy atom. The standard InChI is InChI=1S/C15H12BrFN4/c1-18-15-20-13-5-3-2-4-10(13)14(21-15)19-9-6-7-11(16)12(17)8-9/h2-8H,1H3,(H2,18,19,20,21). The first-order valence-corrected chi connectivity index (χ1v) is 7.13. The average Bonchev–Trinajstić information content (AvgIpc) is 2.51. The Balaban J connectivity index is 2.08. The molecule has 0 fully saturated rings. The fraction of sp³-hybridized carbons (Fsp3) is 0.0667. The highest BCUT2D eigenvalue weighted by Gasteiger charge is 2.08. The van der Waals surface area contributed by atoms with Crippen molar-refractivity contribution >= 4 is 44.3 Å². The average molecular weight is 347 g/mol. The number of anilines is 3. The summed E-state index contributed by atoms with van der Waals surface area (Å²) in [6.45, 7) is 0. The van der Waals surface area contributed by atoms with Crippen molar-refractivity contribution in [2.24, 2.45) is 0 Å². The molecule has 6 heteroatoms. The number of aromatic nitrogens is 2. The van der Waals surface area contributed by atoms with E-state index in [1.165, 1.54) is 6.07 Å². The van der Waals surface area contributed by atoms with Crippen LogP contribution in [0.15, 0.2) is 46.9 Å². The van der Waals surface area contributed by atoms with Crippen molar-refractivity contribution in [2.75, 3.05) is 17.7 Å². The molecule has 0 saturated heterocycles. The molecule has 0 amide bonds. The number of fused-ring (bicyclic) bond motifs is 1. The van der Waals surface area contributed by atoms with Crippen molar-refractivity contribution in [3.63, 3.8) is 0 Å². The topological polar surface area (TPSA) is 49.8 Å². The van der Waals surface area contributed by atoms with Crippen LogP contribution in [-0.4, -0.2) is 17.0 Å². The first kappa shape index (κ1) is 13.8. The Morgan fingerprint density at radius 1 is 1.10 bits per heavy atom. The predicted molar refractivity (Wildman–Crippen MR) is 86.5 cm³/mol. The molecule has 1 aromatic heterocycles. The quantitative estimate of drug-likeness (QED) is 0.741. The summed E-state index contributed by atoms with van der Waals surface area (Å²) < 4.78 is 14.0. The van der Waals surface area contributed by atoms with E-state index in [0.29, 0.717) is 21.9 Å². The van der Waals surface area contributed by atoms with Gasteiger partial charge >= 0.3 is 0 Å². The van der Waals surface area contributed by atoms with Crippen LogP contribution in [0.1, 0.15) is 0 Å². The third-order valence-electron chi connectivity index (χ3n) is 3.01. The third-order valence-corrected chi connectivity index (χ3v) is 3.65. The summed E-state index contributed by atoms with van der Waals surface area (Å²) >= 11 is 3.14. The Bertz CT molecular complexity index is 807. The minimum Gasteiger partial charge on any atom is -0.357 e. The van der Waals surface area contributed by atoms with Crippen LogP contribution in [0, 0.1) is 5.82 Å². The van der Waals surface area contributed by atoms with Gasteiger partial charge in [-0.1, -0.05) is 12.1 Å². The fourth-order valence-electron chi connectivity index (χ4n) is 1.99. The summed E-state index contributed by atoms with van der Waals surface area (Å²) in [5, 5.41) is 6.93. The highest BCUT2D eigenvalue weighted by molar-refractivity contribution is 9.10. The molecule has 3 aromatic rings. The zero-order valence-corrected chi connectivity index (χ0v) is 12.8. The van der Waals surface area contributed by atoms with Crippen molar-refractivity contribution in [1.82, 2.24) is 9.97 Å². The molecule has 0 atom stereocenters. The van der Waals surface area contributed by atoms with Crippen molar-refractivity contribution in [3.05, 3.63) is 52.8 Å². The molecule has 2 N–H and O–H groups in total. The second-order valence-electron chi connectivity index (χ2n) is 4.42. The van der Waals surface area contributed by atoms with Gasteiger partial charge in [-0.05, 0) is 46.3 Å². The highest BCUT2D eigenvalue weighted by atomic mass is 79.9. The summed E-state index contributed by atoms with van der Waals surface area (Å²) in [7, 11) is 1.76. The van der Waals surface area contributed by atoms with E-state index < -0.39 is 0 Å². The summed E-state index contributed by atoms with van der Waals surface area (Å²) in [6.07, 6.45) is 0. The molecule has 0 spiro atoms. The second kappa shape index (κ2) is 5.65. The number of rotatable bonds is 3. The third kappa shape index (κ3) is 2.80. The van der Waals surface area contributed by atoms with E-state index in [1.54, 1.807) is 19.2 Å². The van der Waals surface area contributed by atoms with Gasteiger partial charge in [0.2, 0.25) is 5.95 Å². The lowest BCUT2D eigenvalue weighted by molar-refractivity contribution is 0.622. The molecule has 0 radical (unpaired) electrons. The molecule has 0 aliphatic carbocycles. The van der Waals surface area contributed by atoms with Crippen LogP contribution in [0.5, 0.6) is 0 Å². The van der Waals surface area contributed by atoms with Crippen molar-refractivity contribution < 1.29 is 4.39 Å². The van der Waals surface area contributed by atoms with Crippen LogP contribution in [0.3, 0.4) is 0 Å². The van der Waals surface area contributed by atoms with Crippen molar-refractivity contribution in [2.45, 2.75) is 0 Å².